The molecule has 0 bridgehead atoms. The molecular weight excluding hydrogens is 339 g/mol. The molecule has 2 aromatic rings. The normalized spacial score (nSPS) is 16.8. The van der Waals surface area contributed by atoms with Gasteiger partial charge in [-0.3, -0.25) is 4.98 Å². The Kier molecular flexibility index (Phi) is 5.83. The van der Waals surface area contributed by atoms with Gasteiger partial charge in [-0.2, -0.15) is 4.98 Å². The molecule has 1 aromatic carbocycles. The van der Waals surface area contributed by atoms with Gasteiger partial charge in [0.25, 0.3) is 0 Å². The number of benzene rings is 1. The van der Waals surface area contributed by atoms with Gasteiger partial charge in [0.05, 0.1) is 26.0 Å². The zero-order valence-corrected chi connectivity index (χ0v) is 14.5. The maximum absolute atomic E-state index is 12.9. The zero-order valence-electron chi connectivity index (χ0n) is 14.5. The molecule has 7 nitrogen and oxygen atoms in total. The first-order valence-corrected chi connectivity index (χ1v) is 8.44. The first-order valence-electron chi connectivity index (χ1n) is 8.44. The number of ether oxygens (including phenoxy) is 2. The Bertz CT molecular complexity index is 741. The van der Waals surface area contributed by atoms with Gasteiger partial charge >= 0.3 is 6.03 Å². The van der Waals surface area contributed by atoms with E-state index in [0.29, 0.717) is 31.4 Å². The quantitative estimate of drug-likeness (QED) is 0.886. The summed E-state index contributed by atoms with van der Waals surface area (Å²) < 4.78 is 23.8. The lowest BCUT2D eigenvalue weighted by Gasteiger charge is -2.32. The van der Waals surface area contributed by atoms with E-state index in [0.717, 1.165) is 18.4 Å². The third-order valence-corrected chi connectivity index (χ3v) is 4.11. The highest BCUT2D eigenvalue weighted by Gasteiger charge is 2.25. The number of carbonyl (C=O) groups excluding carboxylic acids is 1. The Morgan fingerprint density at radius 2 is 2.08 bits per heavy atom. The lowest BCUT2D eigenvalue weighted by molar-refractivity contribution is 0.0968. The number of methoxy groups -OCH3 is 1. The molecule has 1 aliphatic rings. The van der Waals surface area contributed by atoms with Crippen LogP contribution in [0.3, 0.4) is 0 Å². The molecule has 1 fully saturated rings. The summed E-state index contributed by atoms with van der Waals surface area (Å²) in [4.78, 5) is 22.3. The lowest BCUT2D eigenvalue weighted by Crippen LogP contribution is -2.48. The topological polar surface area (TPSA) is 76.6 Å². The molecule has 1 aromatic heterocycles. The van der Waals surface area contributed by atoms with E-state index in [1.165, 1.54) is 31.6 Å². The molecule has 0 spiro atoms. The number of amides is 2. The van der Waals surface area contributed by atoms with Crippen molar-refractivity contribution in [2.24, 2.45) is 0 Å². The largest absolute Gasteiger partial charge is 0.480 e. The Labute approximate surface area is 151 Å². The minimum atomic E-state index is -0.295. The van der Waals surface area contributed by atoms with Gasteiger partial charge < -0.3 is 19.7 Å². The standard InChI is InChI=1S/C18H21FN4O3/c1-25-16-10-20-11-17(22-16)26-15-3-2-8-23(12-15)18(24)21-9-13-4-6-14(19)7-5-13/h4-7,10-11,15H,2-3,8-9,12H2,1H3,(H,21,24). The van der Waals surface area contributed by atoms with Crippen molar-refractivity contribution in [2.75, 3.05) is 20.2 Å². The van der Waals surface area contributed by atoms with Crippen molar-refractivity contribution in [3.05, 3.63) is 48.0 Å². The van der Waals surface area contributed by atoms with Gasteiger partial charge in [-0.25, -0.2) is 9.18 Å². The van der Waals surface area contributed by atoms with Crippen LogP contribution in [0.5, 0.6) is 11.8 Å². The van der Waals surface area contributed by atoms with Gasteiger partial charge in [-0.05, 0) is 30.5 Å². The third-order valence-electron chi connectivity index (χ3n) is 4.11. The highest BCUT2D eigenvalue weighted by Crippen LogP contribution is 2.18. The fourth-order valence-corrected chi connectivity index (χ4v) is 2.77. The first-order chi connectivity index (χ1) is 12.6. The maximum Gasteiger partial charge on any atom is 0.317 e. The van der Waals surface area contributed by atoms with Crippen LogP contribution < -0.4 is 14.8 Å². The molecule has 1 aliphatic heterocycles. The summed E-state index contributed by atoms with van der Waals surface area (Å²) in [6.45, 7) is 1.48. The molecule has 8 heteroatoms. The van der Waals surface area contributed by atoms with E-state index in [9.17, 15) is 9.18 Å². The molecule has 1 saturated heterocycles. The summed E-state index contributed by atoms with van der Waals surface area (Å²) in [6.07, 6.45) is 4.55. The highest BCUT2D eigenvalue weighted by atomic mass is 19.1. The van der Waals surface area contributed by atoms with Crippen LogP contribution in [0.1, 0.15) is 18.4 Å². The second-order valence-corrected chi connectivity index (χ2v) is 6.01. The second kappa shape index (κ2) is 8.46. The highest BCUT2D eigenvalue weighted by molar-refractivity contribution is 5.74. The van der Waals surface area contributed by atoms with Crippen LogP contribution >= 0.6 is 0 Å². The van der Waals surface area contributed by atoms with Crippen molar-refractivity contribution in [1.82, 2.24) is 20.2 Å². The molecule has 2 heterocycles. The van der Waals surface area contributed by atoms with Gasteiger partial charge in [0.2, 0.25) is 11.8 Å². The number of hydrogen-bond acceptors (Lipinski definition) is 5. The summed E-state index contributed by atoms with van der Waals surface area (Å²) in [5.74, 6) is 0.465. The Morgan fingerprint density at radius 3 is 2.85 bits per heavy atom. The van der Waals surface area contributed by atoms with Crippen LogP contribution in [0.4, 0.5) is 9.18 Å². The summed E-state index contributed by atoms with van der Waals surface area (Å²) in [7, 11) is 1.52. The van der Waals surface area contributed by atoms with Crippen molar-refractivity contribution in [1.29, 1.82) is 0 Å². The SMILES string of the molecule is COc1cncc(OC2CCCN(C(=O)NCc3ccc(F)cc3)C2)n1. The van der Waals surface area contributed by atoms with Crippen molar-refractivity contribution >= 4 is 6.03 Å². The van der Waals surface area contributed by atoms with Gasteiger partial charge in [-0.15, -0.1) is 0 Å². The van der Waals surface area contributed by atoms with E-state index in [1.807, 2.05) is 0 Å². The summed E-state index contributed by atoms with van der Waals surface area (Å²) in [6, 6.07) is 5.89. The molecule has 0 aliphatic carbocycles. The zero-order chi connectivity index (χ0) is 18.4. The molecule has 1 N–H and O–H groups in total. The number of carbonyl (C=O) groups is 1. The number of hydrogen-bond donors (Lipinski definition) is 1. The first kappa shape index (κ1) is 17.9. The van der Waals surface area contributed by atoms with E-state index in [2.05, 4.69) is 15.3 Å². The van der Waals surface area contributed by atoms with E-state index in [-0.39, 0.29) is 18.0 Å². The summed E-state index contributed by atoms with van der Waals surface area (Å²) >= 11 is 0. The van der Waals surface area contributed by atoms with Crippen LogP contribution in [-0.2, 0) is 6.54 Å². The van der Waals surface area contributed by atoms with Gasteiger partial charge in [-0.1, -0.05) is 12.1 Å². The Morgan fingerprint density at radius 1 is 1.31 bits per heavy atom. The van der Waals surface area contributed by atoms with Crippen LogP contribution in [-0.4, -0.2) is 47.2 Å². The van der Waals surface area contributed by atoms with Gasteiger partial charge in [0, 0.05) is 13.1 Å². The molecule has 0 radical (unpaired) electrons. The number of rotatable bonds is 5. The Balaban J connectivity index is 1.52. The molecule has 26 heavy (non-hydrogen) atoms. The number of piperidine rings is 1. The van der Waals surface area contributed by atoms with Crippen molar-refractivity contribution < 1.29 is 18.7 Å². The molecule has 0 saturated carbocycles. The average Bonchev–Trinajstić information content (AvgIpc) is 2.67. The molecule has 138 valence electrons. The number of halogens is 1. The number of nitrogens with zero attached hydrogens (tertiary/aromatic N) is 3. The van der Waals surface area contributed by atoms with Crippen LogP contribution in [0.2, 0.25) is 0 Å². The number of likely N-dealkylation sites (tertiary alicyclic amines) is 1. The molecule has 1 atom stereocenters. The van der Waals surface area contributed by atoms with E-state index in [1.54, 1.807) is 17.0 Å². The maximum atomic E-state index is 12.9. The summed E-state index contributed by atoms with van der Waals surface area (Å²) in [5, 5.41) is 2.85. The van der Waals surface area contributed by atoms with Crippen molar-refractivity contribution in [3.63, 3.8) is 0 Å². The molecular formula is C18H21FN4O3. The Hall–Kier alpha value is -2.90. The number of urea groups is 1. The number of aromatic nitrogens is 2. The van der Waals surface area contributed by atoms with Crippen molar-refractivity contribution in [3.8, 4) is 11.8 Å². The lowest BCUT2D eigenvalue weighted by atomic mass is 10.1. The van der Waals surface area contributed by atoms with Crippen LogP contribution in [0.15, 0.2) is 36.7 Å². The minimum absolute atomic E-state index is 0.151. The average molecular weight is 360 g/mol. The second-order valence-electron chi connectivity index (χ2n) is 6.01. The van der Waals surface area contributed by atoms with E-state index in [4.69, 9.17) is 9.47 Å². The molecule has 1 unspecified atom stereocenters. The molecule has 3 rings (SSSR count). The summed E-state index contributed by atoms with van der Waals surface area (Å²) in [5.41, 5.74) is 0.844. The fraction of sp³-hybridized carbons (Fsp3) is 0.389. The smallest absolute Gasteiger partial charge is 0.317 e. The van der Waals surface area contributed by atoms with Gasteiger partial charge in [0.1, 0.15) is 11.9 Å². The predicted molar refractivity (Wildman–Crippen MR) is 92.4 cm³/mol. The van der Waals surface area contributed by atoms with E-state index >= 15 is 0 Å². The fourth-order valence-electron chi connectivity index (χ4n) is 2.77. The van der Waals surface area contributed by atoms with Crippen LogP contribution in [0.25, 0.3) is 0 Å². The third kappa shape index (κ3) is 4.81. The van der Waals surface area contributed by atoms with Crippen molar-refractivity contribution in [2.45, 2.75) is 25.5 Å². The monoisotopic (exact) mass is 360 g/mol. The van der Waals surface area contributed by atoms with Gasteiger partial charge in [0.15, 0.2) is 0 Å². The van der Waals surface area contributed by atoms with E-state index < -0.39 is 0 Å². The number of nitrogens with one attached hydrogen (secondary N) is 1. The minimum Gasteiger partial charge on any atom is -0.480 e. The predicted octanol–water partition coefficient (Wildman–Crippen LogP) is 2.38. The molecule has 2 amide bonds. The van der Waals surface area contributed by atoms with Crippen LogP contribution in [0, 0.1) is 5.82 Å².